The monoisotopic (exact) mass is 372 g/mol. The third-order valence-corrected chi connectivity index (χ3v) is 6.21. The van der Waals surface area contributed by atoms with Gasteiger partial charge in [-0.15, -0.1) is 11.3 Å². The zero-order valence-corrected chi connectivity index (χ0v) is 16.6. The molecular formula is C21H28N2O2S. The van der Waals surface area contributed by atoms with Gasteiger partial charge < -0.3 is 15.4 Å². The maximum absolute atomic E-state index is 12.4. The molecule has 2 heterocycles. The Kier molecular flexibility index (Phi) is 5.68. The van der Waals surface area contributed by atoms with Gasteiger partial charge in [0.05, 0.1) is 0 Å². The summed E-state index contributed by atoms with van der Waals surface area (Å²) in [4.78, 5) is 13.7. The molecule has 0 bridgehead atoms. The number of anilines is 1. The molecule has 0 atom stereocenters. The van der Waals surface area contributed by atoms with Crippen LogP contribution in [0.3, 0.4) is 0 Å². The smallest absolute Gasteiger partial charge is 0.319 e. The molecule has 1 aliphatic heterocycles. The highest BCUT2D eigenvalue weighted by Gasteiger charge is 2.35. The number of carbonyl (C=O) groups is 1. The lowest BCUT2D eigenvalue weighted by Gasteiger charge is -2.36. The molecule has 1 saturated heterocycles. The van der Waals surface area contributed by atoms with Crippen LogP contribution in [0.15, 0.2) is 41.8 Å². The Morgan fingerprint density at radius 3 is 2.42 bits per heavy atom. The molecule has 1 aromatic carbocycles. The molecule has 5 heteroatoms. The summed E-state index contributed by atoms with van der Waals surface area (Å²) in [6.45, 7) is 8.66. The topological polar surface area (TPSA) is 50.4 Å². The van der Waals surface area contributed by atoms with Crippen molar-refractivity contribution in [3.05, 3.63) is 52.2 Å². The fourth-order valence-electron chi connectivity index (χ4n) is 3.33. The van der Waals surface area contributed by atoms with Gasteiger partial charge in [0, 0.05) is 35.7 Å². The highest BCUT2D eigenvalue weighted by Crippen LogP contribution is 2.37. The van der Waals surface area contributed by atoms with Crippen molar-refractivity contribution in [2.45, 2.75) is 44.4 Å². The Morgan fingerprint density at radius 1 is 1.15 bits per heavy atom. The summed E-state index contributed by atoms with van der Waals surface area (Å²) in [6, 6.07) is 12.2. The predicted octanol–water partition coefficient (Wildman–Crippen LogP) is 4.92. The van der Waals surface area contributed by atoms with E-state index in [9.17, 15) is 4.79 Å². The van der Waals surface area contributed by atoms with Crippen molar-refractivity contribution < 1.29 is 9.53 Å². The van der Waals surface area contributed by atoms with Crippen molar-refractivity contribution in [2.75, 3.05) is 25.1 Å². The molecule has 2 aromatic rings. The lowest BCUT2D eigenvalue weighted by molar-refractivity contribution is 0.0521. The summed E-state index contributed by atoms with van der Waals surface area (Å²) in [7, 11) is 0. The minimum Gasteiger partial charge on any atom is -0.381 e. The Bertz CT molecular complexity index is 711. The van der Waals surface area contributed by atoms with E-state index in [-0.39, 0.29) is 16.9 Å². The van der Waals surface area contributed by atoms with Crippen molar-refractivity contribution in [3.8, 4) is 0 Å². The minimum absolute atomic E-state index is 0.0140. The molecule has 2 amide bonds. The quantitative estimate of drug-likeness (QED) is 0.801. The third kappa shape index (κ3) is 4.46. The number of amides is 2. The van der Waals surface area contributed by atoms with Crippen LogP contribution in [-0.2, 0) is 15.6 Å². The standard InChI is InChI=1S/C21H28N2O2S/c1-20(2,3)16-6-8-17(9-7-16)23-19(24)22-15-21(10-12-25-13-11-21)18-5-4-14-26-18/h4-9,14H,10-13,15H2,1-3H3,(H2,22,23,24). The molecule has 0 unspecified atom stereocenters. The number of rotatable bonds is 4. The maximum Gasteiger partial charge on any atom is 0.319 e. The Balaban J connectivity index is 1.60. The van der Waals surface area contributed by atoms with E-state index in [0.717, 1.165) is 31.7 Å². The first-order valence-electron chi connectivity index (χ1n) is 9.16. The van der Waals surface area contributed by atoms with Crippen LogP contribution in [0.5, 0.6) is 0 Å². The summed E-state index contributed by atoms with van der Waals surface area (Å²) >= 11 is 1.76. The van der Waals surface area contributed by atoms with E-state index in [4.69, 9.17) is 4.74 Å². The largest absolute Gasteiger partial charge is 0.381 e. The van der Waals surface area contributed by atoms with Gasteiger partial charge >= 0.3 is 6.03 Å². The minimum atomic E-state index is -0.157. The number of thiophene rings is 1. The van der Waals surface area contributed by atoms with Crippen LogP contribution in [0.2, 0.25) is 0 Å². The van der Waals surface area contributed by atoms with Gasteiger partial charge in [0.1, 0.15) is 0 Å². The van der Waals surface area contributed by atoms with E-state index in [2.05, 4.69) is 61.1 Å². The SMILES string of the molecule is CC(C)(C)c1ccc(NC(=O)NCC2(c3cccs3)CCOCC2)cc1. The second-order valence-corrected chi connectivity index (χ2v) is 8.95. The van der Waals surface area contributed by atoms with Crippen molar-refractivity contribution in [2.24, 2.45) is 0 Å². The van der Waals surface area contributed by atoms with Gasteiger partial charge in [0.2, 0.25) is 0 Å². The first-order valence-corrected chi connectivity index (χ1v) is 10.0. The molecule has 26 heavy (non-hydrogen) atoms. The average Bonchev–Trinajstić information content (AvgIpc) is 3.16. The maximum atomic E-state index is 12.4. The van der Waals surface area contributed by atoms with E-state index in [1.54, 1.807) is 11.3 Å². The molecule has 4 nitrogen and oxygen atoms in total. The zero-order chi connectivity index (χ0) is 18.6. The first-order chi connectivity index (χ1) is 12.4. The number of hydrogen-bond acceptors (Lipinski definition) is 3. The summed E-state index contributed by atoms with van der Waals surface area (Å²) < 4.78 is 5.54. The van der Waals surface area contributed by atoms with Crippen LogP contribution >= 0.6 is 11.3 Å². The molecule has 0 aliphatic carbocycles. The van der Waals surface area contributed by atoms with Crippen molar-refractivity contribution in [1.82, 2.24) is 5.32 Å². The second-order valence-electron chi connectivity index (χ2n) is 8.01. The lowest BCUT2D eigenvalue weighted by atomic mass is 9.78. The molecule has 1 fully saturated rings. The zero-order valence-electron chi connectivity index (χ0n) is 15.8. The number of carbonyl (C=O) groups excluding carboxylic acids is 1. The molecule has 1 aromatic heterocycles. The van der Waals surface area contributed by atoms with Crippen molar-refractivity contribution in [3.63, 3.8) is 0 Å². The highest BCUT2D eigenvalue weighted by molar-refractivity contribution is 7.10. The number of ether oxygens (including phenoxy) is 1. The van der Waals surface area contributed by atoms with Crippen molar-refractivity contribution >= 4 is 23.1 Å². The molecule has 0 spiro atoms. The Morgan fingerprint density at radius 2 is 1.85 bits per heavy atom. The average molecular weight is 373 g/mol. The molecule has 0 saturated carbocycles. The van der Waals surface area contributed by atoms with Gasteiger partial charge in [0.15, 0.2) is 0 Å². The van der Waals surface area contributed by atoms with Gasteiger partial charge in [-0.3, -0.25) is 0 Å². The molecule has 3 rings (SSSR count). The highest BCUT2D eigenvalue weighted by atomic mass is 32.1. The summed E-state index contributed by atoms with van der Waals surface area (Å²) in [5.41, 5.74) is 2.16. The molecule has 2 N–H and O–H groups in total. The Labute approximate surface area is 160 Å². The van der Waals surface area contributed by atoms with E-state index >= 15 is 0 Å². The fourth-order valence-corrected chi connectivity index (χ4v) is 4.32. The van der Waals surface area contributed by atoms with Gasteiger partial charge in [0.25, 0.3) is 0 Å². The van der Waals surface area contributed by atoms with E-state index < -0.39 is 0 Å². The predicted molar refractivity (Wildman–Crippen MR) is 108 cm³/mol. The normalized spacial score (nSPS) is 16.9. The van der Waals surface area contributed by atoms with Crippen LogP contribution in [0, 0.1) is 0 Å². The van der Waals surface area contributed by atoms with Gasteiger partial charge in [-0.2, -0.15) is 0 Å². The van der Waals surface area contributed by atoms with Crippen LogP contribution in [0.25, 0.3) is 0 Å². The van der Waals surface area contributed by atoms with E-state index in [1.165, 1.54) is 10.4 Å². The van der Waals surface area contributed by atoms with Gasteiger partial charge in [-0.1, -0.05) is 39.0 Å². The van der Waals surface area contributed by atoms with Crippen molar-refractivity contribution in [1.29, 1.82) is 0 Å². The van der Waals surface area contributed by atoms with Gasteiger partial charge in [-0.05, 0) is 47.4 Å². The third-order valence-electron chi connectivity index (χ3n) is 5.09. The summed E-state index contributed by atoms with van der Waals surface area (Å²) in [5, 5.41) is 8.12. The number of nitrogens with one attached hydrogen (secondary N) is 2. The fraction of sp³-hybridized carbons (Fsp3) is 0.476. The Hall–Kier alpha value is -1.85. The molecule has 1 aliphatic rings. The molecule has 140 valence electrons. The lowest BCUT2D eigenvalue weighted by Crippen LogP contribution is -2.45. The van der Waals surface area contributed by atoms with Crippen LogP contribution < -0.4 is 10.6 Å². The van der Waals surface area contributed by atoms with Crippen LogP contribution in [0.1, 0.15) is 44.1 Å². The van der Waals surface area contributed by atoms with Gasteiger partial charge in [-0.25, -0.2) is 4.79 Å². The number of benzene rings is 1. The summed E-state index contributed by atoms with van der Waals surface area (Å²) in [6.07, 6.45) is 1.88. The van der Waals surface area contributed by atoms with Crippen LogP contribution in [0.4, 0.5) is 10.5 Å². The second kappa shape index (κ2) is 7.80. The molecule has 0 radical (unpaired) electrons. The van der Waals surface area contributed by atoms with Crippen LogP contribution in [-0.4, -0.2) is 25.8 Å². The first kappa shape index (κ1) is 18.9. The van der Waals surface area contributed by atoms with E-state index in [1.807, 2.05) is 12.1 Å². The number of urea groups is 1. The summed E-state index contributed by atoms with van der Waals surface area (Å²) in [5.74, 6) is 0. The van der Waals surface area contributed by atoms with E-state index in [0.29, 0.717) is 6.54 Å². The molecular weight excluding hydrogens is 344 g/mol. The number of hydrogen-bond donors (Lipinski definition) is 2.